The first kappa shape index (κ1) is 16.0. The lowest BCUT2D eigenvalue weighted by atomic mass is 9.76. The second-order valence-corrected chi connectivity index (χ2v) is 6.52. The topological polar surface area (TPSA) is 72.8 Å². The number of fused-ring (bicyclic) bond motifs is 2. The van der Waals surface area contributed by atoms with Gasteiger partial charge in [-0.15, -0.1) is 0 Å². The van der Waals surface area contributed by atoms with Gasteiger partial charge >= 0.3 is 11.9 Å². The minimum atomic E-state index is -0.821. The van der Waals surface area contributed by atoms with Crippen molar-refractivity contribution in [1.82, 2.24) is 0 Å². The van der Waals surface area contributed by atoms with Gasteiger partial charge in [-0.2, -0.15) is 0 Å². The summed E-state index contributed by atoms with van der Waals surface area (Å²) < 4.78 is 11.2. The molecule has 1 N–H and O–H groups in total. The number of carboxylic acid groups (broad SMARTS) is 1. The Hall–Kier alpha value is -1.88. The van der Waals surface area contributed by atoms with Gasteiger partial charge in [-0.25, -0.2) is 0 Å². The SMILES string of the molecule is CC(=O)OC[C@H]1[C@@H](Cc2cccc(CC(=O)O)c2)[C@@H]2CC[C@H]1O2. The molecule has 2 heterocycles. The molecule has 23 heavy (non-hydrogen) atoms. The summed E-state index contributed by atoms with van der Waals surface area (Å²) in [6.07, 6.45) is 3.38. The first-order valence-electron chi connectivity index (χ1n) is 8.11. The minimum Gasteiger partial charge on any atom is -0.481 e. The van der Waals surface area contributed by atoms with Gasteiger partial charge in [0.25, 0.3) is 0 Å². The van der Waals surface area contributed by atoms with E-state index < -0.39 is 5.97 Å². The van der Waals surface area contributed by atoms with Gasteiger partial charge in [-0.05, 0) is 36.3 Å². The summed E-state index contributed by atoms with van der Waals surface area (Å²) in [6, 6.07) is 7.73. The van der Waals surface area contributed by atoms with Crippen LogP contribution in [0.2, 0.25) is 0 Å². The van der Waals surface area contributed by atoms with Gasteiger partial charge in [0.1, 0.15) is 0 Å². The Morgan fingerprint density at radius 1 is 1.22 bits per heavy atom. The third kappa shape index (κ3) is 3.72. The molecule has 5 nitrogen and oxygen atoms in total. The monoisotopic (exact) mass is 318 g/mol. The van der Waals surface area contributed by atoms with E-state index in [1.807, 2.05) is 24.3 Å². The Morgan fingerprint density at radius 2 is 1.91 bits per heavy atom. The molecule has 1 aromatic carbocycles. The lowest BCUT2D eigenvalue weighted by molar-refractivity contribution is -0.143. The summed E-state index contributed by atoms with van der Waals surface area (Å²) >= 11 is 0. The number of benzene rings is 1. The predicted octanol–water partition coefficient (Wildman–Crippen LogP) is 2.21. The van der Waals surface area contributed by atoms with E-state index in [2.05, 4.69) is 0 Å². The molecule has 0 amide bonds. The zero-order valence-corrected chi connectivity index (χ0v) is 13.2. The molecule has 0 saturated carbocycles. The Balaban J connectivity index is 1.70. The van der Waals surface area contributed by atoms with E-state index in [-0.39, 0.29) is 30.5 Å². The summed E-state index contributed by atoms with van der Waals surface area (Å²) in [6.45, 7) is 1.84. The molecule has 0 unspecified atom stereocenters. The van der Waals surface area contributed by atoms with Crippen LogP contribution >= 0.6 is 0 Å². The zero-order chi connectivity index (χ0) is 16.4. The fraction of sp³-hybridized carbons (Fsp3) is 0.556. The van der Waals surface area contributed by atoms with Gasteiger partial charge in [0.15, 0.2) is 0 Å². The quantitative estimate of drug-likeness (QED) is 0.814. The molecular weight excluding hydrogens is 296 g/mol. The maximum Gasteiger partial charge on any atom is 0.307 e. The fourth-order valence-electron chi connectivity index (χ4n) is 3.91. The van der Waals surface area contributed by atoms with E-state index in [4.69, 9.17) is 14.6 Å². The maximum absolute atomic E-state index is 11.1. The smallest absolute Gasteiger partial charge is 0.307 e. The second kappa shape index (κ2) is 6.71. The maximum atomic E-state index is 11.1. The van der Waals surface area contributed by atoms with Crippen LogP contribution in [0.3, 0.4) is 0 Å². The Kier molecular flexibility index (Phi) is 4.66. The van der Waals surface area contributed by atoms with Gasteiger partial charge in [-0.1, -0.05) is 24.3 Å². The number of hydrogen-bond acceptors (Lipinski definition) is 4. The Bertz CT molecular complexity index is 597. The first-order chi connectivity index (χ1) is 11.0. The van der Waals surface area contributed by atoms with Crippen LogP contribution in [-0.2, 0) is 31.9 Å². The molecule has 0 radical (unpaired) electrons. The number of carbonyl (C=O) groups excluding carboxylic acids is 1. The number of carboxylic acids is 1. The number of esters is 1. The van der Waals surface area contributed by atoms with Crippen LogP contribution in [0.5, 0.6) is 0 Å². The molecule has 0 aromatic heterocycles. The molecule has 0 aliphatic carbocycles. The number of hydrogen-bond donors (Lipinski definition) is 1. The third-order valence-corrected chi connectivity index (χ3v) is 4.89. The van der Waals surface area contributed by atoms with Gasteiger partial charge in [0, 0.05) is 12.8 Å². The van der Waals surface area contributed by atoms with Crippen molar-refractivity contribution in [3.63, 3.8) is 0 Å². The van der Waals surface area contributed by atoms with Crippen molar-refractivity contribution in [2.75, 3.05) is 6.61 Å². The lowest BCUT2D eigenvalue weighted by Crippen LogP contribution is -2.32. The highest BCUT2D eigenvalue weighted by molar-refractivity contribution is 5.70. The average Bonchev–Trinajstić information content (AvgIpc) is 3.06. The molecule has 0 spiro atoms. The van der Waals surface area contributed by atoms with Crippen LogP contribution in [0.1, 0.15) is 30.9 Å². The molecule has 3 rings (SSSR count). The van der Waals surface area contributed by atoms with E-state index in [0.29, 0.717) is 12.5 Å². The van der Waals surface area contributed by atoms with Crippen molar-refractivity contribution >= 4 is 11.9 Å². The van der Waals surface area contributed by atoms with Crippen LogP contribution in [0.4, 0.5) is 0 Å². The Labute approximate surface area is 135 Å². The number of aliphatic carboxylic acids is 1. The van der Waals surface area contributed by atoms with Crippen molar-refractivity contribution in [2.24, 2.45) is 11.8 Å². The van der Waals surface area contributed by atoms with Crippen molar-refractivity contribution in [3.8, 4) is 0 Å². The van der Waals surface area contributed by atoms with Gasteiger partial charge in [0.05, 0.1) is 25.2 Å². The van der Waals surface area contributed by atoms with E-state index >= 15 is 0 Å². The summed E-state index contributed by atoms with van der Waals surface area (Å²) in [5, 5.41) is 8.92. The fourth-order valence-corrected chi connectivity index (χ4v) is 3.91. The van der Waals surface area contributed by atoms with E-state index in [9.17, 15) is 9.59 Å². The highest BCUT2D eigenvalue weighted by atomic mass is 16.5. The van der Waals surface area contributed by atoms with Crippen LogP contribution in [0, 0.1) is 11.8 Å². The predicted molar refractivity (Wildman–Crippen MR) is 83.0 cm³/mol. The number of ether oxygens (including phenoxy) is 2. The third-order valence-electron chi connectivity index (χ3n) is 4.89. The van der Waals surface area contributed by atoms with Crippen LogP contribution in [-0.4, -0.2) is 35.9 Å². The van der Waals surface area contributed by atoms with E-state index in [1.54, 1.807) is 0 Å². The van der Waals surface area contributed by atoms with Crippen LogP contribution in [0.25, 0.3) is 0 Å². The first-order valence-corrected chi connectivity index (χ1v) is 8.11. The number of carbonyl (C=O) groups is 2. The molecular formula is C18H22O5. The summed E-state index contributed by atoms with van der Waals surface area (Å²) in [5.74, 6) is -0.512. The standard InChI is InChI=1S/C18H22O5/c1-11(19)22-10-15-14(16-5-6-17(15)23-16)8-12-3-2-4-13(7-12)9-18(20)21/h2-4,7,14-17H,5-6,8-10H2,1H3,(H,20,21)/t14-,15+,16+,17-/m1/s1. The normalized spacial score (nSPS) is 28.7. The molecule has 1 aromatic rings. The Morgan fingerprint density at radius 3 is 2.61 bits per heavy atom. The minimum absolute atomic E-state index is 0.0396. The van der Waals surface area contributed by atoms with Crippen molar-refractivity contribution in [3.05, 3.63) is 35.4 Å². The van der Waals surface area contributed by atoms with Gasteiger partial charge in [-0.3, -0.25) is 9.59 Å². The lowest BCUT2D eigenvalue weighted by Gasteiger charge is -2.27. The zero-order valence-electron chi connectivity index (χ0n) is 13.2. The van der Waals surface area contributed by atoms with Gasteiger partial charge in [0.2, 0.25) is 0 Å². The number of rotatable bonds is 6. The highest BCUT2D eigenvalue weighted by Gasteiger charge is 2.48. The average molecular weight is 318 g/mol. The molecule has 2 fully saturated rings. The van der Waals surface area contributed by atoms with E-state index in [1.165, 1.54) is 6.92 Å². The molecule has 5 heteroatoms. The van der Waals surface area contributed by atoms with Crippen LogP contribution < -0.4 is 0 Å². The molecule has 2 bridgehead atoms. The summed E-state index contributed by atoms with van der Waals surface area (Å²) in [7, 11) is 0. The molecule has 2 aliphatic rings. The van der Waals surface area contributed by atoms with Gasteiger partial charge < -0.3 is 14.6 Å². The van der Waals surface area contributed by atoms with E-state index in [0.717, 1.165) is 30.4 Å². The summed E-state index contributed by atoms with van der Waals surface area (Å²) in [5.41, 5.74) is 1.94. The highest BCUT2D eigenvalue weighted by Crippen LogP contribution is 2.45. The van der Waals surface area contributed by atoms with Crippen molar-refractivity contribution in [2.45, 2.75) is 44.8 Å². The summed E-state index contributed by atoms with van der Waals surface area (Å²) in [4.78, 5) is 22.0. The second-order valence-electron chi connectivity index (χ2n) is 6.52. The van der Waals surface area contributed by atoms with Crippen molar-refractivity contribution < 1.29 is 24.2 Å². The molecule has 2 aliphatic heterocycles. The van der Waals surface area contributed by atoms with Crippen LogP contribution in [0.15, 0.2) is 24.3 Å². The van der Waals surface area contributed by atoms with Crippen molar-refractivity contribution in [1.29, 1.82) is 0 Å². The molecule has 4 atom stereocenters. The molecule has 2 saturated heterocycles. The molecule has 124 valence electrons. The largest absolute Gasteiger partial charge is 0.481 e.